The van der Waals surface area contributed by atoms with Crippen LogP contribution < -0.4 is 5.32 Å². The van der Waals surface area contributed by atoms with E-state index in [0.717, 1.165) is 17.6 Å². The van der Waals surface area contributed by atoms with Crippen LogP contribution in [-0.2, 0) is 19.4 Å². The fourth-order valence-corrected chi connectivity index (χ4v) is 3.66. The summed E-state index contributed by atoms with van der Waals surface area (Å²) in [7, 11) is 0. The summed E-state index contributed by atoms with van der Waals surface area (Å²) in [5, 5.41) is 3.61. The second kappa shape index (κ2) is 5.11. The highest BCUT2D eigenvalue weighted by molar-refractivity contribution is 9.10. The molecular formula is C13H20BrN3. The van der Waals surface area contributed by atoms with Crippen molar-refractivity contribution in [3.05, 3.63) is 16.1 Å². The monoisotopic (exact) mass is 297 g/mol. The maximum Gasteiger partial charge on any atom is 0.127 e. The van der Waals surface area contributed by atoms with Gasteiger partial charge in [0.2, 0.25) is 0 Å². The molecule has 1 aromatic heterocycles. The molecule has 0 saturated carbocycles. The molecule has 0 amide bonds. The first kappa shape index (κ1) is 11.7. The van der Waals surface area contributed by atoms with Gasteiger partial charge in [-0.05, 0) is 54.6 Å². The molecule has 1 unspecified atom stereocenters. The van der Waals surface area contributed by atoms with Crippen LogP contribution >= 0.6 is 15.9 Å². The maximum absolute atomic E-state index is 4.73. The van der Waals surface area contributed by atoms with E-state index in [1.807, 2.05) is 0 Å². The van der Waals surface area contributed by atoms with Crippen molar-refractivity contribution in [3.63, 3.8) is 0 Å². The normalized spacial score (nSPS) is 24.6. The van der Waals surface area contributed by atoms with Gasteiger partial charge in [0.15, 0.2) is 0 Å². The highest BCUT2D eigenvalue weighted by Crippen LogP contribution is 2.26. The van der Waals surface area contributed by atoms with Gasteiger partial charge in [-0.2, -0.15) is 0 Å². The largest absolute Gasteiger partial charge is 0.331 e. The number of nitrogens with one attached hydrogen (secondary N) is 1. The molecule has 0 spiro atoms. The van der Waals surface area contributed by atoms with Gasteiger partial charge in [-0.1, -0.05) is 6.42 Å². The summed E-state index contributed by atoms with van der Waals surface area (Å²) in [4.78, 5) is 4.73. The van der Waals surface area contributed by atoms with Crippen molar-refractivity contribution in [3.8, 4) is 0 Å². The number of fused-ring (bicyclic) bond motifs is 1. The number of hydrogen-bond acceptors (Lipinski definition) is 2. The first-order valence-electron chi connectivity index (χ1n) is 6.82. The Hall–Kier alpha value is -0.350. The lowest BCUT2D eigenvalue weighted by atomic mass is 10.0. The summed E-state index contributed by atoms with van der Waals surface area (Å²) in [6.07, 6.45) is 8.91. The number of piperidine rings is 1. The molecule has 1 aromatic rings. The smallest absolute Gasteiger partial charge is 0.127 e. The lowest BCUT2D eigenvalue weighted by molar-refractivity contribution is 0.386. The van der Waals surface area contributed by atoms with Gasteiger partial charge in [-0.25, -0.2) is 4.98 Å². The van der Waals surface area contributed by atoms with Gasteiger partial charge in [0.1, 0.15) is 10.4 Å². The quantitative estimate of drug-likeness (QED) is 0.909. The zero-order valence-corrected chi connectivity index (χ0v) is 11.8. The van der Waals surface area contributed by atoms with Gasteiger partial charge in [0, 0.05) is 19.0 Å². The Morgan fingerprint density at radius 2 is 2.24 bits per heavy atom. The number of hydrogen-bond donors (Lipinski definition) is 1. The van der Waals surface area contributed by atoms with Crippen LogP contribution in [0.1, 0.15) is 43.6 Å². The molecule has 1 N–H and O–H groups in total. The van der Waals surface area contributed by atoms with E-state index in [2.05, 4.69) is 25.8 Å². The lowest BCUT2D eigenvalue weighted by Crippen LogP contribution is -2.36. The molecule has 1 fully saturated rings. The van der Waals surface area contributed by atoms with Crippen LogP contribution in [0.25, 0.3) is 0 Å². The molecular weight excluding hydrogens is 278 g/mol. The SMILES string of the molecule is Brc1nc(CC2CCCCN2)n2c1CCCC2. The van der Waals surface area contributed by atoms with Crippen LogP contribution in [0.2, 0.25) is 0 Å². The van der Waals surface area contributed by atoms with E-state index < -0.39 is 0 Å². The Bertz CT molecular complexity index is 394. The van der Waals surface area contributed by atoms with E-state index in [1.165, 1.54) is 56.6 Å². The number of imidazole rings is 1. The van der Waals surface area contributed by atoms with Crippen LogP contribution in [0.3, 0.4) is 0 Å². The van der Waals surface area contributed by atoms with E-state index in [1.54, 1.807) is 0 Å². The van der Waals surface area contributed by atoms with E-state index in [0.29, 0.717) is 6.04 Å². The Labute approximate surface area is 111 Å². The first-order valence-corrected chi connectivity index (χ1v) is 7.61. The highest BCUT2D eigenvalue weighted by Gasteiger charge is 2.21. The molecule has 17 heavy (non-hydrogen) atoms. The highest BCUT2D eigenvalue weighted by atomic mass is 79.9. The number of nitrogens with zero attached hydrogens (tertiary/aromatic N) is 2. The third-order valence-electron chi connectivity index (χ3n) is 3.99. The van der Waals surface area contributed by atoms with Crippen LogP contribution in [0.5, 0.6) is 0 Å². The summed E-state index contributed by atoms with van der Waals surface area (Å²) < 4.78 is 3.53. The van der Waals surface area contributed by atoms with Crippen LogP contribution in [-0.4, -0.2) is 22.1 Å². The molecule has 4 heteroatoms. The molecule has 94 valence electrons. The van der Waals surface area contributed by atoms with E-state index >= 15 is 0 Å². The Kier molecular flexibility index (Phi) is 3.52. The lowest BCUT2D eigenvalue weighted by Gasteiger charge is -2.24. The van der Waals surface area contributed by atoms with Crippen molar-refractivity contribution in [1.82, 2.24) is 14.9 Å². The van der Waals surface area contributed by atoms with Crippen molar-refractivity contribution >= 4 is 15.9 Å². The predicted octanol–water partition coefficient (Wildman–Crippen LogP) is 2.67. The standard InChI is InChI=1S/C13H20BrN3/c14-13-11-6-2-4-8-17(11)12(16-13)9-10-5-1-3-7-15-10/h10,15H,1-9H2. The van der Waals surface area contributed by atoms with E-state index in [9.17, 15) is 0 Å². The van der Waals surface area contributed by atoms with E-state index in [4.69, 9.17) is 4.98 Å². The Balaban J connectivity index is 1.78. The predicted molar refractivity (Wildman–Crippen MR) is 72.2 cm³/mol. The fraction of sp³-hybridized carbons (Fsp3) is 0.769. The number of halogens is 1. The molecule has 2 aliphatic rings. The van der Waals surface area contributed by atoms with Crippen LogP contribution in [0.4, 0.5) is 0 Å². The number of aromatic nitrogens is 2. The summed E-state index contributed by atoms with van der Waals surface area (Å²) in [6, 6.07) is 0.643. The minimum Gasteiger partial charge on any atom is -0.331 e. The zero-order valence-electron chi connectivity index (χ0n) is 10.2. The minimum absolute atomic E-state index is 0.643. The molecule has 1 atom stereocenters. The van der Waals surface area contributed by atoms with Crippen molar-refractivity contribution in [2.75, 3.05) is 6.54 Å². The Morgan fingerprint density at radius 1 is 1.29 bits per heavy atom. The molecule has 1 saturated heterocycles. The second-order valence-corrected chi connectivity index (χ2v) is 5.98. The third kappa shape index (κ3) is 2.43. The summed E-state index contributed by atoms with van der Waals surface area (Å²) in [6.45, 7) is 2.34. The molecule has 0 bridgehead atoms. The average molecular weight is 298 g/mol. The van der Waals surface area contributed by atoms with Crippen molar-refractivity contribution in [1.29, 1.82) is 0 Å². The molecule has 0 aliphatic carbocycles. The van der Waals surface area contributed by atoms with Gasteiger partial charge in [0.25, 0.3) is 0 Å². The van der Waals surface area contributed by atoms with Crippen molar-refractivity contribution in [2.45, 2.75) is 57.5 Å². The topological polar surface area (TPSA) is 29.9 Å². The van der Waals surface area contributed by atoms with Crippen LogP contribution in [0, 0.1) is 0 Å². The molecule has 0 radical (unpaired) electrons. The van der Waals surface area contributed by atoms with Gasteiger partial charge in [-0.3, -0.25) is 0 Å². The summed E-state index contributed by atoms with van der Waals surface area (Å²) >= 11 is 3.62. The average Bonchev–Trinajstić information content (AvgIpc) is 2.69. The van der Waals surface area contributed by atoms with Gasteiger partial charge in [0.05, 0.1) is 5.69 Å². The maximum atomic E-state index is 4.73. The summed E-state index contributed by atoms with van der Waals surface area (Å²) in [5.41, 5.74) is 1.42. The van der Waals surface area contributed by atoms with Gasteiger partial charge >= 0.3 is 0 Å². The summed E-state index contributed by atoms with van der Waals surface area (Å²) in [5.74, 6) is 1.28. The molecule has 0 aromatic carbocycles. The number of rotatable bonds is 2. The van der Waals surface area contributed by atoms with E-state index in [-0.39, 0.29) is 0 Å². The molecule has 3 heterocycles. The minimum atomic E-state index is 0.643. The second-order valence-electron chi connectivity index (χ2n) is 5.23. The zero-order chi connectivity index (χ0) is 11.7. The van der Waals surface area contributed by atoms with Crippen molar-refractivity contribution < 1.29 is 0 Å². The molecule has 3 nitrogen and oxygen atoms in total. The fourth-order valence-electron chi connectivity index (χ4n) is 3.04. The molecule has 3 rings (SSSR count). The van der Waals surface area contributed by atoms with Gasteiger partial charge < -0.3 is 9.88 Å². The van der Waals surface area contributed by atoms with Gasteiger partial charge in [-0.15, -0.1) is 0 Å². The Morgan fingerprint density at radius 3 is 3.06 bits per heavy atom. The van der Waals surface area contributed by atoms with Crippen molar-refractivity contribution in [2.24, 2.45) is 0 Å². The van der Waals surface area contributed by atoms with Crippen LogP contribution in [0.15, 0.2) is 4.60 Å². The first-order chi connectivity index (χ1) is 8.34. The third-order valence-corrected chi connectivity index (χ3v) is 4.62. The molecule has 2 aliphatic heterocycles.